The van der Waals surface area contributed by atoms with Gasteiger partial charge in [0.05, 0.1) is 6.54 Å². The zero-order valence-electron chi connectivity index (χ0n) is 15.3. The third-order valence-corrected chi connectivity index (χ3v) is 5.08. The first-order chi connectivity index (χ1) is 12.0. The molecule has 25 heavy (non-hydrogen) atoms. The molecule has 0 aliphatic carbocycles. The molecule has 0 saturated carbocycles. The summed E-state index contributed by atoms with van der Waals surface area (Å²) in [4.78, 5) is 21.0. The van der Waals surface area contributed by atoms with Gasteiger partial charge in [-0.25, -0.2) is 4.98 Å². The molecule has 2 aliphatic rings. The third-order valence-electron chi connectivity index (χ3n) is 5.08. The third kappa shape index (κ3) is 4.06. The molecule has 2 atom stereocenters. The predicted molar refractivity (Wildman–Crippen MR) is 96.8 cm³/mol. The summed E-state index contributed by atoms with van der Waals surface area (Å²) in [7, 11) is 0. The van der Waals surface area contributed by atoms with Gasteiger partial charge >= 0.3 is 0 Å². The molecular formula is C19H29N3O3. The van der Waals surface area contributed by atoms with E-state index in [2.05, 4.69) is 9.88 Å². The van der Waals surface area contributed by atoms with Crippen LogP contribution >= 0.6 is 0 Å². The average Bonchev–Trinajstić information content (AvgIpc) is 3.26. The first-order valence-electron chi connectivity index (χ1n) is 9.39. The number of ether oxygens (including phenoxy) is 1. The van der Waals surface area contributed by atoms with Crippen LogP contribution in [0.2, 0.25) is 0 Å². The number of anilines is 1. The van der Waals surface area contributed by atoms with Crippen LogP contribution in [0.15, 0.2) is 18.3 Å². The average molecular weight is 347 g/mol. The van der Waals surface area contributed by atoms with Gasteiger partial charge in [0.25, 0.3) is 5.91 Å². The molecule has 1 amide bonds. The number of rotatable bonds is 6. The van der Waals surface area contributed by atoms with E-state index in [-0.39, 0.29) is 12.0 Å². The van der Waals surface area contributed by atoms with E-state index >= 15 is 0 Å². The second-order valence-electron chi connectivity index (χ2n) is 7.32. The van der Waals surface area contributed by atoms with Crippen molar-refractivity contribution in [2.45, 2.75) is 57.7 Å². The molecule has 2 unspecified atom stereocenters. The number of carbonyl (C=O) groups excluding carboxylic acids is 1. The standard InChI is InChI=1S/C19H29N3O3/c1-3-9-19(2,24)18(23)22-13-8-15(14-22)25-16-7-6-10-20-17(16)21-11-4-5-12-21/h6-7,10,15,24H,3-5,8-9,11-14H2,1-2H3. The van der Waals surface area contributed by atoms with Crippen molar-refractivity contribution < 1.29 is 14.6 Å². The minimum atomic E-state index is -1.28. The van der Waals surface area contributed by atoms with Crippen LogP contribution in [0.25, 0.3) is 0 Å². The zero-order chi connectivity index (χ0) is 17.9. The molecule has 0 spiro atoms. The molecule has 3 heterocycles. The molecule has 2 saturated heterocycles. The van der Waals surface area contributed by atoms with E-state index in [0.717, 1.165) is 37.5 Å². The summed E-state index contributed by atoms with van der Waals surface area (Å²) in [5, 5.41) is 10.4. The summed E-state index contributed by atoms with van der Waals surface area (Å²) in [5.41, 5.74) is -1.28. The summed E-state index contributed by atoms with van der Waals surface area (Å²) in [6.45, 7) is 6.76. The van der Waals surface area contributed by atoms with E-state index in [0.29, 0.717) is 19.5 Å². The lowest BCUT2D eigenvalue weighted by atomic mass is 9.99. The Bertz CT molecular complexity index is 599. The first kappa shape index (κ1) is 18.0. The van der Waals surface area contributed by atoms with Gasteiger partial charge in [0.15, 0.2) is 11.6 Å². The van der Waals surface area contributed by atoms with Crippen molar-refractivity contribution >= 4 is 11.7 Å². The van der Waals surface area contributed by atoms with Crippen LogP contribution in [-0.4, -0.2) is 58.8 Å². The van der Waals surface area contributed by atoms with E-state index in [1.54, 1.807) is 18.0 Å². The van der Waals surface area contributed by atoms with E-state index in [1.165, 1.54) is 12.8 Å². The van der Waals surface area contributed by atoms with Crippen LogP contribution in [0.3, 0.4) is 0 Å². The zero-order valence-corrected chi connectivity index (χ0v) is 15.3. The van der Waals surface area contributed by atoms with Gasteiger partial charge in [-0.3, -0.25) is 4.79 Å². The lowest BCUT2D eigenvalue weighted by molar-refractivity contribution is -0.149. The topological polar surface area (TPSA) is 65.9 Å². The lowest BCUT2D eigenvalue weighted by Crippen LogP contribution is -2.46. The fourth-order valence-electron chi connectivity index (χ4n) is 3.76. The van der Waals surface area contributed by atoms with E-state index in [9.17, 15) is 9.90 Å². The minimum Gasteiger partial charge on any atom is -0.485 e. The summed E-state index contributed by atoms with van der Waals surface area (Å²) in [6.07, 6.45) is 6.17. The van der Waals surface area contributed by atoms with E-state index in [4.69, 9.17) is 4.74 Å². The maximum Gasteiger partial charge on any atom is 0.254 e. The quantitative estimate of drug-likeness (QED) is 0.855. The van der Waals surface area contributed by atoms with Crippen LogP contribution in [0.4, 0.5) is 5.82 Å². The number of carbonyl (C=O) groups is 1. The van der Waals surface area contributed by atoms with Gasteiger partial charge in [-0.1, -0.05) is 13.3 Å². The molecular weight excluding hydrogens is 318 g/mol. The molecule has 1 N–H and O–H groups in total. The molecule has 1 aromatic rings. The smallest absolute Gasteiger partial charge is 0.254 e. The Hall–Kier alpha value is -1.82. The Morgan fingerprint density at radius 1 is 1.40 bits per heavy atom. The highest BCUT2D eigenvalue weighted by molar-refractivity contribution is 5.84. The molecule has 138 valence electrons. The predicted octanol–water partition coefficient (Wildman–Crippen LogP) is 2.21. The van der Waals surface area contributed by atoms with Crippen molar-refractivity contribution in [2.75, 3.05) is 31.1 Å². The molecule has 2 fully saturated rings. The van der Waals surface area contributed by atoms with Crippen LogP contribution < -0.4 is 9.64 Å². The summed E-state index contributed by atoms with van der Waals surface area (Å²) in [6, 6.07) is 3.84. The second kappa shape index (κ2) is 7.60. The summed E-state index contributed by atoms with van der Waals surface area (Å²) < 4.78 is 6.19. The number of hydrogen-bond acceptors (Lipinski definition) is 5. The molecule has 0 bridgehead atoms. The molecule has 3 rings (SSSR count). The highest BCUT2D eigenvalue weighted by Crippen LogP contribution is 2.30. The fourth-order valence-corrected chi connectivity index (χ4v) is 3.76. The van der Waals surface area contributed by atoms with Gasteiger partial charge in [0.2, 0.25) is 0 Å². The monoisotopic (exact) mass is 347 g/mol. The van der Waals surface area contributed by atoms with Crippen molar-refractivity contribution in [3.8, 4) is 5.75 Å². The van der Waals surface area contributed by atoms with Gasteiger partial charge in [-0.15, -0.1) is 0 Å². The molecule has 2 aliphatic heterocycles. The van der Waals surface area contributed by atoms with Crippen molar-refractivity contribution in [1.29, 1.82) is 0 Å². The Morgan fingerprint density at radius 2 is 2.16 bits per heavy atom. The Balaban J connectivity index is 1.63. The number of amides is 1. The van der Waals surface area contributed by atoms with Gasteiger partial charge < -0.3 is 19.6 Å². The van der Waals surface area contributed by atoms with E-state index in [1.807, 2.05) is 19.1 Å². The summed E-state index contributed by atoms with van der Waals surface area (Å²) in [5.74, 6) is 1.51. The molecule has 6 heteroatoms. The number of likely N-dealkylation sites (tertiary alicyclic amines) is 1. The maximum atomic E-state index is 12.5. The van der Waals surface area contributed by atoms with Gasteiger partial charge in [0.1, 0.15) is 11.7 Å². The minimum absolute atomic E-state index is 0.0491. The first-order valence-corrected chi connectivity index (χ1v) is 9.39. The van der Waals surface area contributed by atoms with Crippen LogP contribution in [0.5, 0.6) is 5.75 Å². The Morgan fingerprint density at radius 3 is 2.88 bits per heavy atom. The van der Waals surface area contributed by atoms with Crippen molar-refractivity contribution in [3.63, 3.8) is 0 Å². The summed E-state index contributed by atoms with van der Waals surface area (Å²) >= 11 is 0. The number of pyridine rings is 1. The van der Waals surface area contributed by atoms with Gasteiger partial charge in [0, 0.05) is 32.3 Å². The molecule has 1 aromatic heterocycles. The number of nitrogens with zero attached hydrogens (tertiary/aromatic N) is 3. The van der Waals surface area contributed by atoms with Crippen LogP contribution in [-0.2, 0) is 4.79 Å². The Kier molecular flexibility index (Phi) is 5.47. The van der Waals surface area contributed by atoms with Gasteiger partial charge in [-0.05, 0) is 38.3 Å². The molecule has 6 nitrogen and oxygen atoms in total. The maximum absolute atomic E-state index is 12.5. The SMILES string of the molecule is CCCC(C)(O)C(=O)N1CCC(Oc2cccnc2N2CCCC2)C1. The Labute approximate surface area is 149 Å². The molecule has 0 radical (unpaired) electrons. The lowest BCUT2D eigenvalue weighted by Gasteiger charge is -2.28. The van der Waals surface area contributed by atoms with E-state index < -0.39 is 5.60 Å². The highest BCUT2D eigenvalue weighted by Gasteiger charge is 2.37. The fraction of sp³-hybridized carbons (Fsp3) is 0.684. The largest absolute Gasteiger partial charge is 0.485 e. The van der Waals surface area contributed by atoms with Crippen molar-refractivity contribution in [3.05, 3.63) is 18.3 Å². The van der Waals surface area contributed by atoms with Crippen LogP contribution in [0, 0.1) is 0 Å². The number of hydrogen-bond donors (Lipinski definition) is 1. The highest BCUT2D eigenvalue weighted by atomic mass is 16.5. The van der Waals surface area contributed by atoms with Crippen molar-refractivity contribution in [1.82, 2.24) is 9.88 Å². The number of aliphatic hydroxyl groups is 1. The van der Waals surface area contributed by atoms with Crippen LogP contribution in [0.1, 0.15) is 46.0 Å². The molecule has 0 aromatic carbocycles. The van der Waals surface area contributed by atoms with Gasteiger partial charge in [-0.2, -0.15) is 0 Å². The van der Waals surface area contributed by atoms with Crippen molar-refractivity contribution in [2.24, 2.45) is 0 Å². The normalized spacial score (nSPS) is 22.9. The second-order valence-corrected chi connectivity index (χ2v) is 7.32. The number of aromatic nitrogens is 1.